The topological polar surface area (TPSA) is 123 Å². The molecule has 4 atom stereocenters. The molecular weight excluding hydrogens is 496 g/mol. The second-order valence-electron chi connectivity index (χ2n) is 11.3. The highest BCUT2D eigenvalue weighted by atomic mass is 35.5. The Labute approximate surface area is 226 Å². The predicted molar refractivity (Wildman–Crippen MR) is 146 cm³/mol. The molecule has 1 aliphatic heterocycles. The van der Waals surface area contributed by atoms with E-state index in [1.165, 1.54) is 0 Å². The summed E-state index contributed by atoms with van der Waals surface area (Å²) in [6.45, 7) is 12.1. The van der Waals surface area contributed by atoms with Crippen LogP contribution < -0.4 is 16.0 Å². The fourth-order valence-corrected chi connectivity index (χ4v) is 4.80. The molecule has 9 nitrogen and oxygen atoms in total. The molecule has 5 N–H and O–H groups in total. The van der Waals surface area contributed by atoms with Gasteiger partial charge >= 0.3 is 12.1 Å². The Hall–Kier alpha value is -2.07. The van der Waals surface area contributed by atoms with Gasteiger partial charge in [-0.25, -0.2) is 9.59 Å². The number of amides is 3. The number of aliphatic hydroxyl groups is 1. The van der Waals surface area contributed by atoms with E-state index in [9.17, 15) is 14.7 Å². The summed E-state index contributed by atoms with van der Waals surface area (Å²) in [5.41, 5.74) is 0.763. The molecule has 0 radical (unpaired) electrons. The number of carbonyl (C=O) groups is 2. The third-order valence-corrected chi connectivity index (χ3v) is 6.60. The van der Waals surface area contributed by atoms with E-state index in [0.29, 0.717) is 37.0 Å². The number of hydrogen-bond acceptors (Lipinski definition) is 5. The zero-order chi connectivity index (χ0) is 27.6. The van der Waals surface area contributed by atoms with Gasteiger partial charge in [-0.15, -0.1) is 0 Å². The van der Waals surface area contributed by atoms with E-state index in [2.05, 4.69) is 29.8 Å². The van der Waals surface area contributed by atoms with Gasteiger partial charge in [0.2, 0.25) is 0 Å². The standard InChI is InChI=1S/C27H45ClN4O5/c1-18(2)14-22(23(33)16-30-27(3,4)5)31-25(34)32-12-7-9-20(17-32)24(37-13-11-29-26(35)36)19-8-6-10-21(28)15-19/h6,8,10,15,18,20,22-24,29-30,33H,7,9,11-14,16-17H2,1-5H3,(H,31,34)(H,35,36)/t20-,22+,23-,24+/m1/s1. The van der Waals surface area contributed by atoms with Gasteiger partial charge in [-0.2, -0.15) is 0 Å². The van der Waals surface area contributed by atoms with Crippen molar-refractivity contribution in [3.8, 4) is 0 Å². The van der Waals surface area contributed by atoms with Crippen LogP contribution in [-0.4, -0.2) is 77.7 Å². The van der Waals surface area contributed by atoms with Crippen molar-refractivity contribution in [3.63, 3.8) is 0 Å². The highest BCUT2D eigenvalue weighted by Gasteiger charge is 2.33. The second-order valence-corrected chi connectivity index (χ2v) is 11.7. The molecule has 1 heterocycles. The van der Waals surface area contributed by atoms with Crippen LogP contribution in [-0.2, 0) is 4.74 Å². The van der Waals surface area contributed by atoms with Crippen molar-refractivity contribution in [1.82, 2.24) is 20.9 Å². The van der Waals surface area contributed by atoms with Crippen LogP contribution in [0.5, 0.6) is 0 Å². The Balaban J connectivity index is 2.10. The highest BCUT2D eigenvalue weighted by Crippen LogP contribution is 2.34. The summed E-state index contributed by atoms with van der Waals surface area (Å²) in [6, 6.07) is 6.89. The lowest BCUT2D eigenvalue weighted by atomic mass is 9.88. The quantitative estimate of drug-likeness (QED) is 0.253. The Morgan fingerprint density at radius 1 is 1.27 bits per heavy atom. The van der Waals surface area contributed by atoms with Gasteiger partial charge in [0.15, 0.2) is 0 Å². The van der Waals surface area contributed by atoms with Crippen molar-refractivity contribution in [2.24, 2.45) is 11.8 Å². The minimum Gasteiger partial charge on any atom is -0.465 e. The van der Waals surface area contributed by atoms with E-state index in [1.54, 1.807) is 11.0 Å². The number of aliphatic hydroxyl groups excluding tert-OH is 1. The number of piperidine rings is 1. The monoisotopic (exact) mass is 540 g/mol. The van der Waals surface area contributed by atoms with Crippen LogP contribution in [0.4, 0.5) is 9.59 Å². The van der Waals surface area contributed by atoms with Crippen LogP contribution in [0.3, 0.4) is 0 Å². The minimum atomic E-state index is -1.10. The molecule has 37 heavy (non-hydrogen) atoms. The normalized spacial score (nSPS) is 18.8. The number of hydrogen-bond donors (Lipinski definition) is 5. The number of β-amino-alcohol motifs (C(OH)–C–C–N with tert-alkyl or cyclic N) is 1. The Morgan fingerprint density at radius 2 is 2.00 bits per heavy atom. The lowest BCUT2D eigenvalue weighted by Crippen LogP contribution is -2.55. The Bertz CT molecular complexity index is 863. The average Bonchev–Trinajstić information content (AvgIpc) is 2.81. The summed E-state index contributed by atoms with van der Waals surface area (Å²) in [6.07, 6.45) is 0.198. The van der Waals surface area contributed by atoms with E-state index in [1.807, 2.05) is 39.0 Å². The zero-order valence-electron chi connectivity index (χ0n) is 22.8. The molecule has 0 spiro atoms. The molecule has 1 fully saturated rings. The average molecular weight is 541 g/mol. The van der Waals surface area contributed by atoms with Crippen LogP contribution in [0.25, 0.3) is 0 Å². The first kappa shape index (κ1) is 31.1. The maximum atomic E-state index is 13.3. The van der Waals surface area contributed by atoms with Gasteiger partial charge in [-0.05, 0) is 63.6 Å². The van der Waals surface area contributed by atoms with Crippen molar-refractivity contribution in [3.05, 3.63) is 34.9 Å². The number of carbonyl (C=O) groups excluding carboxylic acids is 1. The molecule has 2 rings (SSSR count). The fraction of sp³-hybridized carbons (Fsp3) is 0.704. The van der Waals surface area contributed by atoms with E-state index in [0.717, 1.165) is 18.4 Å². The van der Waals surface area contributed by atoms with Crippen LogP contribution in [0.15, 0.2) is 24.3 Å². The molecule has 3 amide bonds. The fourth-order valence-electron chi connectivity index (χ4n) is 4.60. The lowest BCUT2D eigenvalue weighted by Gasteiger charge is -2.38. The number of carboxylic acid groups (broad SMARTS) is 1. The molecule has 0 aliphatic carbocycles. The largest absolute Gasteiger partial charge is 0.465 e. The maximum Gasteiger partial charge on any atom is 0.404 e. The number of ether oxygens (including phenoxy) is 1. The number of likely N-dealkylation sites (tertiary alicyclic amines) is 1. The van der Waals surface area contributed by atoms with E-state index >= 15 is 0 Å². The molecule has 10 heteroatoms. The highest BCUT2D eigenvalue weighted by molar-refractivity contribution is 6.30. The van der Waals surface area contributed by atoms with Gasteiger partial charge in [-0.3, -0.25) is 0 Å². The number of nitrogens with one attached hydrogen (secondary N) is 3. The molecule has 210 valence electrons. The zero-order valence-corrected chi connectivity index (χ0v) is 23.6. The third-order valence-electron chi connectivity index (χ3n) is 6.37. The summed E-state index contributed by atoms with van der Waals surface area (Å²) in [4.78, 5) is 25.9. The number of benzene rings is 1. The van der Waals surface area contributed by atoms with Crippen LogP contribution in [0.2, 0.25) is 5.02 Å². The lowest BCUT2D eigenvalue weighted by molar-refractivity contribution is -0.00889. The molecule has 1 aromatic rings. The molecule has 1 saturated heterocycles. The van der Waals surface area contributed by atoms with Crippen LogP contribution in [0, 0.1) is 11.8 Å². The first-order valence-electron chi connectivity index (χ1n) is 13.2. The minimum absolute atomic E-state index is 0.0128. The number of urea groups is 1. The number of nitrogens with zero attached hydrogens (tertiary/aromatic N) is 1. The summed E-state index contributed by atoms with van der Waals surface area (Å²) in [5, 5.41) is 29.0. The third kappa shape index (κ3) is 11.5. The smallest absolute Gasteiger partial charge is 0.404 e. The summed E-state index contributed by atoms with van der Waals surface area (Å²) in [7, 11) is 0. The van der Waals surface area contributed by atoms with E-state index < -0.39 is 12.2 Å². The first-order valence-corrected chi connectivity index (χ1v) is 13.6. The van der Waals surface area contributed by atoms with Crippen LogP contribution >= 0.6 is 11.6 Å². The van der Waals surface area contributed by atoms with Crippen molar-refractivity contribution < 1.29 is 24.5 Å². The second kappa shape index (κ2) is 14.8. The van der Waals surface area contributed by atoms with Crippen molar-refractivity contribution in [2.75, 3.05) is 32.8 Å². The Kier molecular flexibility index (Phi) is 12.4. The van der Waals surface area contributed by atoms with Gasteiger partial charge in [0, 0.05) is 42.7 Å². The van der Waals surface area contributed by atoms with Crippen molar-refractivity contribution in [2.45, 2.75) is 77.7 Å². The van der Waals surface area contributed by atoms with Gasteiger partial charge in [0.1, 0.15) is 0 Å². The molecule has 0 saturated carbocycles. The number of rotatable bonds is 12. The summed E-state index contributed by atoms with van der Waals surface area (Å²) < 4.78 is 6.15. The molecule has 0 aromatic heterocycles. The molecule has 1 aromatic carbocycles. The molecule has 0 unspecified atom stereocenters. The van der Waals surface area contributed by atoms with Crippen molar-refractivity contribution >= 4 is 23.7 Å². The maximum absolute atomic E-state index is 13.3. The van der Waals surface area contributed by atoms with E-state index in [-0.39, 0.29) is 42.8 Å². The summed E-state index contributed by atoms with van der Waals surface area (Å²) >= 11 is 6.24. The van der Waals surface area contributed by atoms with Crippen LogP contribution in [0.1, 0.15) is 65.5 Å². The Morgan fingerprint density at radius 3 is 2.62 bits per heavy atom. The number of halogens is 1. The first-order chi connectivity index (χ1) is 17.4. The van der Waals surface area contributed by atoms with Gasteiger partial charge < -0.3 is 35.8 Å². The molecule has 0 bridgehead atoms. The van der Waals surface area contributed by atoms with Gasteiger partial charge in [0.05, 0.1) is 24.9 Å². The summed E-state index contributed by atoms with van der Waals surface area (Å²) in [5.74, 6) is 0.322. The van der Waals surface area contributed by atoms with Gasteiger partial charge in [0.25, 0.3) is 0 Å². The van der Waals surface area contributed by atoms with Crippen molar-refractivity contribution in [1.29, 1.82) is 0 Å². The van der Waals surface area contributed by atoms with E-state index in [4.69, 9.17) is 21.4 Å². The predicted octanol–water partition coefficient (Wildman–Crippen LogP) is 4.25. The molecular formula is C27H45ClN4O5. The SMILES string of the molecule is CC(C)C[C@H](NC(=O)N1CCC[C@@H]([C@@H](OCCNC(=O)O)c2cccc(Cl)c2)C1)[C@H](O)CNC(C)(C)C. The molecule has 1 aliphatic rings. The van der Waals surface area contributed by atoms with Gasteiger partial charge in [-0.1, -0.05) is 37.6 Å².